The molecule has 0 aliphatic carbocycles. The van der Waals surface area contributed by atoms with E-state index in [0.29, 0.717) is 11.3 Å². The number of hydrogen-bond acceptors (Lipinski definition) is 4. The van der Waals surface area contributed by atoms with Gasteiger partial charge in [0.05, 0.1) is 18.4 Å². The smallest absolute Gasteiger partial charge is 0.418 e. The second kappa shape index (κ2) is 6.24. The summed E-state index contributed by atoms with van der Waals surface area (Å²) >= 11 is 0. The fraction of sp³-hybridized carbons (Fsp3) is 0.294. The van der Waals surface area contributed by atoms with Gasteiger partial charge in [-0.2, -0.15) is 0 Å². The molecule has 6 heteroatoms. The van der Waals surface area contributed by atoms with E-state index in [4.69, 9.17) is 4.74 Å². The van der Waals surface area contributed by atoms with Gasteiger partial charge >= 0.3 is 12.1 Å². The van der Waals surface area contributed by atoms with Crippen LogP contribution in [0.25, 0.3) is 11.3 Å². The Morgan fingerprint density at radius 3 is 2.43 bits per heavy atom. The highest BCUT2D eigenvalue weighted by molar-refractivity contribution is 5.90. The molecule has 0 radical (unpaired) electrons. The highest BCUT2D eigenvalue weighted by atomic mass is 19.1. The minimum atomic E-state index is -0.753. The molecule has 0 saturated heterocycles. The molecule has 1 aromatic carbocycles. The molecule has 0 aliphatic heterocycles. The Bertz CT molecular complexity index is 743. The molecule has 1 aromatic heterocycles. The molecular formula is C17H18FNO4. The molecule has 2 aromatic rings. The van der Waals surface area contributed by atoms with Gasteiger partial charge in [0.25, 0.3) is 0 Å². The van der Waals surface area contributed by atoms with Crippen molar-refractivity contribution in [3.05, 3.63) is 47.9 Å². The molecule has 0 aliphatic rings. The van der Waals surface area contributed by atoms with Gasteiger partial charge < -0.3 is 9.47 Å². The van der Waals surface area contributed by atoms with Gasteiger partial charge in [-0.1, -0.05) is 6.07 Å². The van der Waals surface area contributed by atoms with Gasteiger partial charge in [0.2, 0.25) is 0 Å². The first-order valence-corrected chi connectivity index (χ1v) is 7.02. The van der Waals surface area contributed by atoms with E-state index in [9.17, 15) is 14.0 Å². The quantitative estimate of drug-likeness (QED) is 0.789. The number of halogens is 1. The van der Waals surface area contributed by atoms with Crippen LogP contribution in [0.2, 0.25) is 0 Å². The van der Waals surface area contributed by atoms with Crippen LogP contribution in [0.5, 0.6) is 0 Å². The van der Waals surface area contributed by atoms with Crippen LogP contribution in [-0.2, 0) is 9.47 Å². The second-order valence-corrected chi connectivity index (χ2v) is 5.93. The monoisotopic (exact) mass is 319 g/mol. The van der Waals surface area contributed by atoms with Crippen LogP contribution in [0.1, 0.15) is 31.1 Å². The molecular weight excluding hydrogens is 301 g/mol. The Morgan fingerprint density at radius 1 is 1.17 bits per heavy atom. The summed E-state index contributed by atoms with van der Waals surface area (Å²) in [5, 5.41) is 0. The lowest BCUT2D eigenvalue weighted by molar-refractivity contribution is 0.0538. The number of aromatic nitrogens is 1. The summed E-state index contributed by atoms with van der Waals surface area (Å²) in [4.78, 5) is 23.6. The molecule has 122 valence electrons. The molecule has 5 nitrogen and oxygen atoms in total. The van der Waals surface area contributed by atoms with Crippen molar-refractivity contribution in [2.45, 2.75) is 26.4 Å². The van der Waals surface area contributed by atoms with Crippen LogP contribution < -0.4 is 0 Å². The van der Waals surface area contributed by atoms with Crippen LogP contribution in [0, 0.1) is 5.82 Å². The summed E-state index contributed by atoms with van der Waals surface area (Å²) in [6.07, 6.45) is 0.977. The highest BCUT2D eigenvalue weighted by Crippen LogP contribution is 2.24. The molecule has 0 atom stereocenters. The zero-order valence-electron chi connectivity index (χ0n) is 13.4. The number of nitrogens with zero attached hydrogens (tertiary/aromatic N) is 1. The second-order valence-electron chi connectivity index (χ2n) is 5.93. The number of carbonyl (C=O) groups excluding carboxylic acids is 2. The van der Waals surface area contributed by atoms with E-state index >= 15 is 0 Å². The summed E-state index contributed by atoms with van der Waals surface area (Å²) in [5.41, 5.74) is 0.116. The topological polar surface area (TPSA) is 57.5 Å². The highest BCUT2D eigenvalue weighted by Gasteiger charge is 2.20. The maximum absolute atomic E-state index is 14.1. The Kier molecular flexibility index (Phi) is 4.54. The van der Waals surface area contributed by atoms with E-state index in [0.717, 1.165) is 0 Å². The first-order valence-electron chi connectivity index (χ1n) is 7.02. The number of esters is 1. The predicted octanol–water partition coefficient (Wildman–Crippen LogP) is 3.86. The van der Waals surface area contributed by atoms with Gasteiger partial charge in [0.15, 0.2) is 0 Å². The number of benzene rings is 1. The van der Waals surface area contributed by atoms with Crippen molar-refractivity contribution >= 4 is 12.1 Å². The maximum atomic E-state index is 14.1. The number of hydrogen-bond donors (Lipinski definition) is 0. The van der Waals surface area contributed by atoms with Gasteiger partial charge in [0, 0.05) is 11.8 Å². The molecule has 2 rings (SSSR count). The van der Waals surface area contributed by atoms with Gasteiger partial charge in [-0.3, -0.25) is 4.57 Å². The summed E-state index contributed by atoms with van der Waals surface area (Å²) in [5.74, 6) is -1.47. The largest absolute Gasteiger partial charge is 0.465 e. The van der Waals surface area contributed by atoms with Crippen LogP contribution in [-0.4, -0.2) is 29.3 Å². The van der Waals surface area contributed by atoms with Crippen molar-refractivity contribution < 1.29 is 23.5 Å². The molecule has 0 unspecified atom stereocenters. The number of carbonyl (C=O) groups is 2. The van der Waals surface area contributed by atoms with E-state index in [2.05, 4.69) is 4.74 Å². The molecule has 0 N–H and O–H groups in total. The lowest BCUT2D eigenvalue weighted by Gasteiger charge is -2.20. The van der Waals surface area contributed by atoms with Crippen LogP contribution >= 0.6 is 0 Å². The summed E-state index contributed by atoms with van der Waals surface area (Å²) in [7, 11) is 1.18. The predicted molar refractivity (Wildman–Crippen MR) is 82.8 cm³/mol. The fourth-order valence-electron chi connectivity index (χ4n) is 2.04. The maximum Gasteiger partial charge on any atom is 0.418 e. The summed E-state index contributed by atoms with van der Waals surface area (Å²) < 4.78 is 25.2. The van der Waals surface area contributed by atoms with Crippen LogP contribution in [0.4, 0.5) is 9.18 Å². The SMILES string of the molecule is COC(=O)c1ccc(-c2cccn2C(=O)OC(C)(C)C)cc1F. The minimum absolute atomic E-state index is 0.161. The lowest BCUT2D eigenvalue weighted by Crippen LogP contribution is -2.27. The van der Waals surface area contributed by atoms with Gasteiger partial charge in [-0.15, -0.1) is 0 Å². The molecule has 0 saturated carbocycles. The third-order valence-electron chi connectivity index (χ3n) is 3.01. The van der Waals surface area contributed by atoms with E-state index < -0.39 is 23.5 Å². The number of ether oxygens (including phenoxy) is 2. The summed E-state index contributed by atoms with van der Waals surface area (Å²) in [6, 6.07) is 7.37. The number of methoxy groups -OCH3 is 1. The normalized spacial score (nSPS) is 11.2. The Balaban J connectivity index is 2.38. The van der Waals surface area contributed by atoms with Crippen molar-refractivity contribution in [2.24, 2.45) is 0 Å². The van der Waals surface area contributed by atoms with Crippen molar-refractivity contribution in [1.29, 1.82) is 0 Å². The Labute approximate surface area is 133 Å². The third-order valence-corrected chi connectivity index (χ3v) is 3.01. The zero-order valence-corrected chi connectivity index (χ0v) is 13.4. The first kappa shape index (κ1) is 16.7. The van der Waals surface area contributed by atoms with E-state index in [1.54, 1.807) is 39.0 Å². The minimum Gasteiger partial charge on any atom is -0.465 e. The molecule has 23 heavy (non-hydrogen) atoms. The standard InChI is InChI=1S/C17H18FNO4/c1-17(2,3)23-16(21)19-9-5-6-14(19)11-7-8-12(13(18)10-11)15(20)22-4/h5-10H,1-4H3. The van der Waals surface area contributed by atoms with E-state index in [-0.39, 0.29) is 5.56 Å². The van der Waals surface area contributed by atoms with Gasteiger partial charge in [-0.25, -0.2) is 14.0 Å². The third kappa shape index (κ3) is 3.77. The molecule has 1 heterocycles. The Morgan fingerprint density at radius 2 is 1.87 bits per heavy atom. The molecule has 0 bridgehead atoms. The molecule has 0 spiro atoms. The van der Waals surface area contributed by atoms with Gasteiger partial charge in [-0.05, 0) is 45.0 Å². The van der Waals surface area contributed by atoms with Gasteiger partial charge in [0.1, 0.15) is 11.4 Å². The van der Waals surface area contributed by atoms with E-state index in [1.807, 2.05) is 0 Å². The van der Waals surface area contributed by atoms with Crippen molar-refractivity contribution in [1.82, 2.24) is 4.57 Å². The lowest BCUT2D eigenvalue weighted by atomic mass is 10.1. The average molecular weight is 319 g/mol. The number of rotatable bonds is 2. The summed E-state index contributed by atoms with van der Waals surface area (Å²) in [6.45, 7) is 5.29. The first-order chi connectivity index (χ1) is 10.7. The fourth-order valence-corrected chi connectivity index (χ4v) is 2.04. The molecule has 0 amide bonds. The van der Waals surface area contributed by atoms with Crippen LogP contribution in [0.15, 0.2) is 36.5 Å². The zero-order chi connectivity index (χ0) is 17.2. The Hall–Kier alpha value is -2.63. The van der Waals surface area contributed by atoms with Crippen molar-refractivity contribution in [3.63, 3.8) is 0 Å². The van der Waals surface area contributed by atoms with E-state index in [1.165, 1.54) is 30.0 Å². The molecule has 0 fully saturated rings. The van der Waals surface area contributed by atoms with Crippen LogP contribution in [0.3, 0.4) is 0 Å². The average Bonchev–Trinajstić information content (AvgIpc) is 2.94. The van der Waals surface area contributed by atoms with Crippen molar-refractivity contribution in [2.75, 3.05) is 7.11 Å². The van der Waals surface area contributed by atoms with Crippen molar-refractivity contribution in [3.8, 4) is 11.3 Å².